The van der Waals surface area contributed by atoms with Crippen LogP contribution in [0.15, 0.2) is 48.5 Å². The number of thiocarbonyl (C=S) groups is 1. The van der Waals surface area contributed by atoms with Crippen LogP contribution in [0, 0.1) is 6.92 Å². The number of hydrogen-bond acceptors (Lipinski definition) is 2. The Morgan fingerprint density at radius 1 is 1.14 bits per heavy atom. The largest absolute Gasteiger partial charge is 0.497 e. The van der Waals surface area contributed by atoms with Gasteiger partial charge in [0, 0.05) is 5.69 Å². The Morgan fingerprint density at radius 3 is 2.62 bits per heavy atom. The van der Waals surface area contributed by atoms with Crippen molar-refractivity contribution in [2.75, 3.05) is 12.4 Å². The van der Waals surface area contributed by atoms with Crippen LogP contribution in [0.4, 0.5) is 5.69 Å². The summed E-state index contributed by atoms with van der Waals surface area (Å²) in [6, 6.07) is 16.2. The number of methoxy groups -OCH3 is 1. The average Bonchev–Trinajstić information content (AvgIpc) is 2.47. The number of rotatable bonds is 4. The van der Waals surface area contributed by atoms with E-state index in [0.717, 1.165) is 17.0 Å². The van der Waals surface area contributed by atoms with Crippen LogP contribution in [0.3, 0.4) is 0 Å². The summed E-state index contributed by atoms with van der Waals surface area (Å²) in [7, 11) is 1.67. The SMILES string of the molecule is COc1cccc([C@@H](C)NC(=S)Nc2cccc(C)c2)c1. The monoisotopic (exact) mass is 300 g/mol. The smallest absolute Gasteiger partial charge is 0.171 e. The first-order valence-electron chi connectivity index (χ1n) is 6.86. The zero-order valence-corrected chi connectivity index (χ0v) is 13.3. The van der Waals surface area contributed by atoms with Gasteiger partial charge in [0.05, 0.1) is 13.2 Å². The molecule has 0 saturated heterocycles. The van der Waals surface area contributed by atoms with Crippen LogP contribution in [0.2, 0.25) is 0 Å². The minimum absolute atomic E-state index is 0.102. The molecule has 2 aromatic carbocycles. The fraction of sp³-hybridized carbons (Fsp3) is 0.235. The second-order valence-corrected chi connectivity index (χ2v) is 5.37. The lowest BCUT2D eigenvalue weighted by Gasteiger charge is -2.18. The van der Waals surface area contributed by atoms with Gasteiger partial charge in [0.2, 0.25) is 0 Å². The average molecular weight is 300 g/mol. The number of aryl methyl sites for hydroxylation is 1. The van der Waals surface area contributed by atoms with Crippen molar-refractivity contribution in [3.63, 3.8) is 0 Å². The summed E-state index contributed by atoms with van der Waals surface area (Å²) < 4.78 is 5.24. The predicted octanol–water partition coefficient (Wildman–Crippen LogP) is 4.05. The van der Waals surface area contributed by atoms with E-state index < -0.39 is 0 Å². The van der Waals surface area contributed by atoms with Crippen molar-refractivity contribution < 1.29 is 4.74 Å². The van der Waals surface area contributed by atoms with Gasteiger partial charge < -0.3 is 15.4 Å². The normalized spacial score (nSPS) is 11.6. The molecule has 0 radical (unpaired) electrons. The van der Waals surface area contributed by atoms with E-state index in [1.165, 1.54) is 5.56 Å². The lowest BCUT2D eigenvalue weighted by Crippen LogP contribution is -2.30. The molecule has 4 heteroatoms. The molecule has 2 rings (SSSR count). The molecule has 0 amide bonds. The van der Waals surface area contributed by atoms with Crippen molar-refractivity contribution in [2.45, 2.75) is 19.9 Å². The van der Waals surface area contributed by atoms with Crippen molar-refractivity contribution in [3.8, 4) is 5.75 Å². The van der Waals surface area contributed by atoms with Crippen molar-refractivity contribution in [1.82, 2.24) is 5.32 Å². The van der Waals surface area contributed by atoms with E-state index in [9.17, 15) is 0 Å². The molecule has 0 fully saturated rings. The van der Waals surface area contributed by atoms with Gasteiger partial charge in [0.15, 0.2) is 5.11 Å². The summed E-state index contributed by atoms with van der Waals surface area (Å²) in [6.45, 7) is 4.12. The third-order valence-electron chi connectivity index (χ3n) is 3.22. The van der Waals surface area contributed by atoms with Gasteiger partial charge in [-0.25, -0.2) is 0 Å². The molecule has 21 heavy (non-hydrogen) atoms. The molecule has 0 aromatic heterocycles. The lowest BCUT2D eigenvalue weighted by molar-refractivity contribution is 0.413. The fourth-order valence-electron chi connectivity index (χ4n) is 2.08. The van der Waals surface area contributed by atoms with Crippen molar-refractivity contribution in [1.29, 1.82) is 0 Å². The Morgan fingerprint density at radius 2 is 1.90 bits per heavy atom. The lowest BCUT2D eigenvalue weighted by atomic mass is 10.1. The first-order chi connectivity index (χ1) is 10.1. The molecule has 0 aliphatic carbocycles. The van der Waals surface area contributed by atoms with Crippen molar-refractivity contribution in [2.24, 2.45) is 0 Å². The number of benzene rings is 2. The van der Waals surface area contributed by atoms with Gasteiger partial charge >= 0.3 is 0 Å². The quantitative estimate of drug-likeness (QED) is 0.835. The summed E-state index contributed by atoms with van der Waals surface area (Å²) in [4.78, 5) is 0. The second kappa shape index (κ2) is 7.09. The molecule has 2 N–H and O–H groups in total. The summed E-state index contributed by atoms with van der Waals surface area (Å²) >= 11 is 5.36. The summed E-state index contributed by atoms with van der Waals surface area (Å²) in [5, 5.41) is 7.09. The number of anilines is 1. The molecule has 1 atom stereocenters. The van der Waals surface area contributed by atoms with E-state index in [-0.39, 0.29) is 6.04 Å². The highest BCUT2D eigenvalue weighted by atomic mass is 32.1. The summed E-state index contributed by atoms with van der Waals surface area (Å²) in [5.74, 6) is 0.846. The maximum absolute atomic E-state index is 5.36. The van der Waals surface area contributed by atoms with Crippen LogP contribution in [-0.2, 0) is 0 Å². The van der Waals surface area contributed by atoms with Crippen molar-refractivity contribution in [3.05, 3.63) is 59.7 Å². The Kier molecular flexibility index (Phi) is 5.17. The maximum Gasteiger partial charge on any atom is 0.171 e. The Balaban J connectivity index is 1.98. The van der Waals surface area contributed by atoms with E-state index >= 15 is 0 Å². The molecule has 0 heterocycles. The van der Waals surface area contributed by atoms with E-state index in [1.54, 1.807) is 7.11 Å². The van der Waals surface area contributed by atoms with Crippen LogP contribution in [0.25, 0.3) is 0 Å². The van der Waals surface area contributed by atoms with Crippen LogP contribution in [0.5, 0.6) is 5.75 Å². The first kappa shape index (κ1) is 15.3. The molecule has 0 bridgehead atoms. The number of ether oxygens (including phenoxy) is 1. The van der Waals surface area contributed by atoms with Crippen LogP contribution >= 0.6 is 12.2 Å². The molecule has 0 aliphatic rings. The van der Waals surface area contributed by atoms with Gasteiger partial charge in [-0.3, -0.25) is 0 Å². The van der Waals surface area contributed by atoms with Gasteiger partial charge in [0.25, 0.3) is 0 Å². The molecular weight excluding hydrogens is 280 g/mol. The molecule has 0 saturated carbocycles. The van der Waals surface area contributed by atoms with Crippen LogP contribution in [-0.4, -0.2) is 12.2 Å². The zero-order valence-electron chi connectivity index (χ0n) is 12.5. The second-order valence-electron chi connectivity index (χ2n) is 4.97. The minimum Gasteiger partial charge on any atom is -0.497 e. The maximum atomic E-state index is 5.36. The van der Waals surface area contributed by atoms with Gasteiger partial charge in [0.1, 0.15) is 5.75 Å². The fourth-order valence-corrected chi connectivity index (χ4v) is 2.38. The molecule has 2 aromatic rings. The van der Waals surface area contributed by atoms with E-state index in [0.29, 0.717) is 5.11 Å². The molecule has 0 unspecified atom stereocenters. The minimum atomic E-state index is 0.102. The van der Waals surface area contributed by atoms with E-state index in [4.69, 9.17) is 17.0 Å². The molecule has 110 valence electrons. The Hall–Kier alpha value is -2.07. The third kappa shape index (κ3) is 4.46. The Labute approximate surface area is 131 Å². The van der Waals surface area contributed by atoms with Crippen molar-refractivity contribution >= 4 is 23.0 Å². The predicted molar refractivity (Wildman–Crippen MR) is 91.9 cm³/mol. The number of nitrogens with one attached hydrogen (secondary N) is 2. The molecule has 3 nitrogen and oxygen atoms in total. The topological polar surface area (TPSA) is 33.3 Å². The van der Waals surface area contributed by atoms with Gasteiger partial charge in [-0.1, -0.05) is 24.3 Å². The zero-order chi connectivity index (χ0) is 15.2. The number of hydrogen-bond donors (Lipinski definition) is 2. The highest BCUT2D eigenvalue weighted by Gasteiger charge is 2.08. The highest BCUT2D eigenvalue weighted by molar-refractivity contribution is 7.80. The Bertz CT molecular complexity index is 628. The van der Waals surface area contributed by atoms with Gasteiger partial charge in [-0.2, -0.15) is 0 Å². The van der Waals surface area contributed by atoms with Gasteiger partial charge in [-0.05, 0) is 61.5 Å². The van der Waals surface area contributed by atoms with Crippen LogP contribution in [0.1, 0.15) is 24.1 Å². The van der Waals surface area contributed by atoms with E-state index in [2.05, 4.69) is 42.7 Å². The van der Waals surface area contributed by atoms with Crippen LogP contribution < -0.4 is 15.4 Å². The van der Waals surface area contributed by atoms with E-state index in [1.807, 2.05) is 30.3 Å². The summed E-state index contributed by atoms with van der Waals surface area (Å²) in [5.41, 5.74) is 3.32. The molecule has 0 spiro atoms. The standard InChI is InChI=1S/C17H20N2OS/c1-12-6-4-8-15(10-12)19-17(21)18-13(2)14-7-5-9-16(11-14)20-3/h4-11,13H,1-3H3,(H2,18,19,21)/t13-/m1/s1. The molecular formula is C17H20N2OS. The first-order valence-corrected chi connectivity index (χ1v) is 7.27. The molecule has 0 aliphatic heterocycles. The highest BCUT2D eigenvalue weighted by Crippen LogP contribution is 2.19. The van der Waals surface area contributed by atoms with Gasteiger partial charge in [-0.15, -0.1) is 0 Å². The third-order valence-corrected chi connectivity index (χ3v) is 3.44. The summed E-state index contributed by atoms with van der Waals surface area (Å²) in [6.07, 6.45) is 0.